The van der Waals surface area contributed by atoms with Crippen LogP contribution in [0.2, 0.25) is 0 Å². The summed E-state index contributed by atoms with van der Waals surface area (Å²) >= 11 is 1.76. The molecule has 2 fully saturated rings. The van der Waals surface area contributed by atoms with Crippen LogP contribution in [0.4, 0.5) is 10.1 Å². The van der Waals surface area contributed by atoms with Gasteiger partial charge in [0.15, 0.2) is 0 Å². The summed E-state index contributed by atoms with van der Waals surface area (Å²) in [5.74, 6) is -0.282. The average Bonchev–Trinajstić information content (AvgIpc) is 3.42. The number of likely N-dealkylation sites (tertiary alicyclic amines) is 1. The fourth-order valence-electron chi connectivity index (χ4n) is 4.18. The summed E-state index contributed by atoms with van der Waals surface area (Å²) in [6, 6.07) is 10.3. The normalized spacial score (nSPS) is 20.4. The maximum Gasteiger partial charge on any atom is 0.238 e. The third kappa shape index (κ3) is 5.24. The minimum Gasteiger partial charge on any atom is -0.339 e. The number of carbonyl (C=O) groups is 2. The third-order valence-electron chi connectivity index (χ3n) is 5.79. The highest BCUT2D eigenvalue weighted by Gasteiger charge is 2.30. The van der Waals surface area contributed by atoms with Crippen LogP contribution >= 0.6 is 11.3 Å². The largest absolute Gasteiger partial charge is 0.339 e. The minimum absolute atomic E-state index is 0.128. The molecule has 2 amide bonds. The van der Waals surface area contributed by atoms with E-state index in [1.165, 1.54) is 17.0 Å². The minimum atomic E-state index is -0.329. The van der Waals surface area contributed by atoms with Gasteiger partial charge >= 0.3 is 0 Å². The molecule has 30 heavy (non-hydrogen) atoms. The first kappa shape index (κ1) is 21.0. The zero-order chi connectivity index (χ0) is 20.9. The number of benzene rings is 1. The molecular weight excluding hydrogens is 403 g/mol. The van der Waals surface area contributed by atoms with Crippen molar-refractivity contribution < 1.29 is 14.0 Å². The molecule has 3 heterocycles. The summed E-state index contributed by atoms with van der Waals surface area (Å²) in [5, 5.41) is 4.88. The van der Waals surface area contributed by atoms with E-state index in [0.717, 1.165) is 19.4 Å². The summed E-state index contributed by atoms with van der Waals surface area (Å²) in [7, 11) is 0. The fourth-order valence-corrected chi connectivity index (χ4v) is 5.08. The number of anilines is 1. The molecule has 8 heteroatoms. The van der Waals surface area contributed by atoms with E-state index < -0.39 is 0 Å². The zero-order valence-corrected chi connectivity index (χ0v) is 17.7. The molecule has 1 N–H and O–H groups in total. The highest BCUT2D eigenvalue weighted by atomic mass is 32.1. The molecule has 1 atom stereocenters. The predicted molar refractivity (Wildman–Crippen MR) is 116 cm³/mol. The van der Waals surface area contributed by atoms with Crippen molar-refractivity contribution in [2.75, 3.05) is 51.1 Å². The Balaban J connectivity index is 1.21. The number of halogens is 1. The number of amides is 2. The first-order valence-corrected chi connectivity index (χ1v) is 11.3. The van der Waals surface area contributed by atoms with Crippen molar-refractivity contribution in [3.8, 4) is 0 Å². The van der Waals surface area contributed by atoms with Crippen LogP contribution in [-0.2, 0) is 9.59 Å². The van der Waals surface area contributed by atoms with Crippen LogP contribution in [0.3, 0.4) is 0 Å². The van der Waals surface area contributed by atoms with Gasteiger partial charge in [-0.3, -0.25) is 19.4 Å². The lowest BCUT2D eigenvalue weighted by atomic mass is 10.2. The number of nitrogens with zero attached hydrogens (tertiary/aromatic N) is 3. The SMILES string of the molecule is O=C(CN1CCN(C(=O)CN2CCC[C@@H]2c2cccs2)CC1)Nc1ccc(F)cc1. The Labute approximate surface area is 180 Å². The molecule has 0 spiro atoms. The van der Waals surface area contributed by atoms with E-state index in [1.807, 2.05) is 9.80 Å². The van der Waals surface area contributed by atoms with E-state index >= 15 is 0 Å². The average molecular weight is 431 g/mol. The standard InChI is InChI=1S/C22H27FN4O2S/c23-17-5-7-18(8-6-17)24-21(28)15-25-10-12-26(13-11-25)22(29)16-27-9-1-3-19(27)20-4-2-14-30-20/h2,4-8,14,19H,1,3,9-13,15-16H2,(H,24,28)/t19-/m1/s1. The van der Waals surface area contributed by atoms with Crippen molar-refractivity contribution in [3.63, 3.8) is 0 Å². The van der Waals surface area contributed by atoms with Crippen molar-refractivity contribution in [1.82, 2.24) is 14.7 Å². The van der Waals surface area contributed by atoms with Gasteiger partial charge in [-0.2, -0.15) is 0 Å². The first-order valence-electron chi connectivity index (χ1n) is 10.4. The Morgan fingerprint density at radius 1 is 1.03 bits per heavy atom. The van der Waals surface area contributed by atoms with Crippen molar-refractivity contribution in [2.24, 2.45) is 0 Å². The van der Waals surface area contributed by atoms with Gasteiger partial charge in [0.2, 0.25) is 11.8 Å². The molecule has 0 unspecified atom stereocenters. The molecular formula is C22H27FN4O2S. The van der Waals surface area contributed by atoms with Gasteiger partial charge in [-0.1, -0.05) is 6.07 Å². The van der Waals surface area contributed by atoms with Crippen LogP contribution in [0.25, 0.3) is 0 Å². The van der Waals surface area contributed by atoms with Gasteiger partial charge in [0.1, 0.15) is 5.82 Å². The van der Waals surface area contributed by atoms with Crippen LogP contribution < -0.4 is 5.32 Å². The third-order valence-corrected chi connectivity index (χ3v) is 6.77. The van der Waals surface area contributed by atoms with Crippen LogP contribution in [0.5, 0.6) is 0 Å². The van der Waals surface area contributed by atoms with E-state index in [2.05, 4.69) is 27.7 Å². The van der Waals surface area contributed by atoms with E-state index in [0.29, 0.717) is 44.5 Å². The van der Waals surface area contributed by atoms with Gasteiger partial charge < -0.3 is 10.2 Å². The lowest BCUT2D eigenvalue weighted by Crippen LogP contribution is -2.52. The van der Waals surface area contributed by atoms with Crippen molar-refractivity contribution in [2.45, 2.75) is 18.9 Å². The first-order chi connectivity index (χ1) is 14.6. The monoisotopic (exact) mass is 430 g/mol. The Kier molecular flexibility index (Phi) is 6.76. The van der Waals surface area contributed by atoms with Gasteiger partial charge in [-0.15, -0.1) is 11.3 Å². The molecule has 1 aromatic heterocycles. The van der Waals surface area contributed by atoms with Gasteiger partial charge in [0.05, 0.1) is 13.1 Å². The molecule has 1 aromatic carbocycles. The second-order valence-corrected chi connectivity index (χ2v) is 8.84. The van der Waals surface area contributed by atoms with E-state index in [1.54, 1.807) is 23.5 Å². The molecule has 0 saturated carbocycles. The van der Waals surface area contributed by atoms with E-state index in [-0.39, 0.29) is 24.2 Å². The fraction of sp³-hybridized carbons (Fsp3) is 0.455. The highest BCUT2D eigenvalue weighted by molar-refractivity contribution is 7.10. The second-order valence-electron chi connectivity index (χ2n) is 7.86. The van der Waals surface area contributed by atoms with Crippen LogP contribution in [0, 0.1) is 5.82 Å². The number of nitrogens with one attached hydrogen (secondary N) is 1. The molecule has 2 saturated heterocycles. The Morgan fingerprint density at radius 3 is 2.50 bits per heavy atom. The maximum absolute atomic E-state index is 13.0. The second kappa shape index (κ2) is 9.68. The van der Waals surface area contributed by atoms with Crippen molar-refractivity contribution in [3.05, 3.63) is 52.5 Å². The quantitative estimate of drug-likeness (QED) is 0.766. The van der Waals surface area contributed by atoms with Crippen molar-refractivity contribution >= 4 is 28.8 Å². The summed E-state index contributed by atoms with van der Waals surface area (Å²) in [5.41, 5.74) is 0.584. The number of carbonyl (C=O) groups excluding carboxylic acids is 2. The molecule has 0 aliphatic carbocycles. The maximum atomic E-state index is 13.0. The molecule has 4 rings (SSSR count). The van der Waals surface area contributed by atoms with Gasteiger partial charge in [0, 0.05) is 42.8 Å². The number of piperazine rings is 1. The van der Waals surface area contributed by atoms with Gasteiger partial charge in [-0.05, 0) is 55.1 Å². The predicted octanol–water partition coefficient (Wildman–Crippen LogP) is 2.81. The molecule has 2 aliphatic heterocycles. The lowest BCUT2D eigenvalue weighted by molar-refractivity contribution is -0.134. The lowest BCUT2D eigenvalue weighted by Gasteiger charge is -2.35. The zero-order valence-electron chi connectivity index (χ0n) is 16.9. The Bertz CT molecular complexity index is 851. The van der Waals surface area contributed by atoms with Gasteiger partial charge in [-0.25, -0.2) is 4.39 Å². The molecule has 6 nitrogen and oxygen atoms in total. The number of rotatable bonds is 6. The number of hydrogen-bond acceptors (Lipinski definition) is 5. The molecule has 0 bridgehead atoms. The summed E-state index contributed by atoms with van der Waals surface area (Å²) in [6.07, 6.45) is 2.25. The van der Waals surface area contributed by atoms with E-state index in [9.17, 15) is 14.0 Å². The number of hydrogen-bond donors (Lipinski definition) is 1. The van der Waals surface area contributed by atoms with Crippen LogP contribution in [-0.4, -0.2) is 72.3 Å². The number of thiophene rings is 1. The molecule has 2 aliphatic rings. The molecule has 2 aromatic rings. The smallest absolute Gasteiger partial charge is 0.238 e. The Hall–Kier alpha value is -2.29. The highest BCUT2D eigenvalue weighted by Crippen LogP contribution is 2.34. The van der Waals surface area contributed by atoms with Crippen LogP contribution in [0.1, 0.15) is 23.8 Å². The summed E-state index contributed by atoms with van der Waals surface area (Å²) < 4.78 is 13.0. The van der Waals surface area contributed by atoms with Crippen LogP contribution in [0.15, 0.2) is 41.8 Å². The van der Waals surface area contributed by atoms with E-state index in [4.69, 9.17) is 0 Å². The molecule has 0 radical (unpaired) electrons. The van der Waals surface area contributed by atoms with Gasteiger partial charge in [0.25, 0.3) is 0 Å². The summed E-state index contributed by atoms with van der Waals surface area (Å²) in [6.45, 7) is 4.34. The molecule has 160 valence electrons. The Morgan fingerprint density at radius 2 is 1.80 bits per heavy atom. The van der Waals surface area contributed by atoms with Crippen molar-refractivity contribution in [1.29, 1.82) is 0 Å². The summed E-state index contributed by atoms with van der Waals surface area (Å²) in [4.78, 5) is 32.7. The topological polar surface area (TPSA) is 55.9 Å².